The smallest absolute Gasteiger partial charge is 0.307 e. The molecule has 4 atom stereocenters. The summed E-state index contributed by atoms with van der Waals surface area (Å²) >= 11 is 0. The summed E-state index contributed by atoms with van der Waals surface area (Å²) < 4.78 is 5.19. The molecular weight excluding hydrogens is 332 g/mol. The summed E-state index contributed by atoms with van der Waals surface area (Å²) in [4.78, 5) is 28.8. The van der Waals surface area contributed by atoms with Crippen molar-refractivity contribution < 1.29 is 19.4 Å². The van der Waals surface area contributed by atoms with Crippen molar-refractivity contribution in [2.75, 3.05) is 38.2 Å². The highest BCUT2D eigenvalue weighted by Gasteiger charge is 2.52. The molecule has 1 amide bonds. The number of ether oxygens (including phenoxy) is 1. The van der Waals surface area contributed by atoms with E-state index in [1.807, 2.05) is 41.3 Å². The number of allylic oxidation sites excluding steroid dienone is 2. The highest BCUT2D eigenvalue weighted by atomic mass is 16.5. The molecule has 3 aliphatic rings. The fourth-order valence-electron chi connectivity index (χ4n) is 4.68. The van der Waals surface area contributed by atoms with Gasteiger partial charge >= 0.3 is 5.97 Å². The predicted molar refractivity (Wildman–Crippen MR) is 97.1 cm³/mol. The van der Waals surface area contributed by atoms with Gasteiger partial charge in [0, 0.05) is 31.9 Å². The second-order valence-electron chi connectivity index (χ2n) is 7.35. The molecule has 0 aromatic heterocycles. The number of hydrogen-bond donors (Lipinski definition) is 1. The van der Waals surface area contributed by atoms with Gasteiger partial charge in [-0.15, -0.1) is 0 Å². The van der Waals surface area contributed by atoms with E-state index in [9.17, 15) is 14.7 Å². The number of aliphatic carboxylic acids is 1. The lowest BCUT2D eigenvalue weighted by atomic mass is 9.82. The first-order valence-corrected chi connectivity index (χ1v) is 9.17. The Hall–Kier alpha value is -2.50. The van der Waals surface area contributed by atoms with Gasteiger partial charge in [-0.3, -0.25) is 9.59 Å². The maximum absolute atomic E-state index is 13.0. The molecule has 2 bridgehead atoms. The van der Waals surface area contributed by atoms with E-state index in [0.717, 1.165) is 30.9 Å². The quantitative estimate of drug-likeness (QED) is 0.834. The molecular formula is C20H24N2O4. The molecule has 4 rings (SSSR count). The summed E-state index contributed by atoms with van der Waals surface area (Å²) in [6.45, 7) is 2.78. The normalized spacial score (nSPS) is 29.9. The van der Waals surface area contributed by atoms with E-state index in [1.54, 1.807) is 7.11 Å². The molecule has 1 saturated carbocycles. The third-order valence-electron chi connectivity index (χ3n) is 6.06. The van der Waals surface area contributed by atoms with Crippen LogP contribution in [0.4, 0.5) is 5.69 Å². The van der Waals surface area contributed by atoms with Crippen LogP contribution in [0.3, 0.4) is 0 Å². The lowest BCUT2D eigenvalue weighted by Crippen LogP contribution is -2.52. The largest absolute Gasteiger partial charge is 0.497 e. The minimum absolute atomic E-state index is 0.0173. The van der Waals surface area contributed by atoms with Gasteiger partial charge in [-0.05, 0) is 42.5 Å². The number of benzene rings is 1. The minimum atomic E-state index is -0.836. The lowest BCUT2D eigenvalue weighted by Gasteiger charge is -2.38. The number of methoxy groups -OCH3 is 1. The van der Waals surface area contributed by atoms with Crippen molar-refractivity contribution in [3.63, 3.8) is 0 Å². The molecule has 1 saturated heterocycles. The fraction of sp³-hybridized carbons (Fsp3) is 0.500. The van der Waals surface area contributed by atoms with Gasteiger partial charge in [0.1, 0.15) is 5.75 Å². The van der Waals surface area contributed by atoms with Crippen LogP contribution in [-0.2, 0) is 9.59 Å². The van der Waals surface area contributed by atoms with Gasteiger partial charge in [-0.25, -0.2) is 0 Å². The molecule has 6 nitrogen and oxygen atoms in total. The second-order valence-corrected chi connectivity index (χ2v) is 7.35. The first-order chi connectivity index (χ1) is 12.6. The van der Waals surface area contributed by atoms with Gasteiger partial charge in [-0.2, -0.15) is 0 Å². The van der Waals surface area contributed by atoms with Crippen molar-refractivity contribution in [2.45, 2.75) is 6.42 Å². The summed E-state index contributed by atoms with van der Waals surface area (Å²) in [5, 5.41) is 9.56. The zero-order valence-corrected chi connectivity index (χ0v) is 14.9. The Morgan fingerprint density at radius 3 is 2.19 bits per heavy atom. The number of hydrogen-bond acceptors (Lipinski definition) is 4. The standard InChI is InChI=1S/C20H24N2O4/c1-26-16-6-4-15(5-7-16)21-8-10-22(11-9-21)19(23)17-13-2-3-14(12-13)18(17)20(24)25/h2-7,13-14,17-18H,8-12H2,1H3,(H,24,25)/t13-,14-,17+,18-/m0/s1. The van der Waals surface area contributed by atoms with Crippen LogP contribution < -0.4 is 9.64 Å². The van der Waals surface area contributed by atoms with Crippen LogP contribution in [0.1, 0.15) is 6.42 Å². The van der Waals surface area contributed by atoms with E-state index in [1.165, 1.54) is 0 Å². The van der Waals surface area contributed by atoms with Gasteiger partial charge in [0.05, 0.1) is 18.9 Å². The Labute approximate surface area is 153 Å². The van der Waals surface area contributed by atoms with E-state index in [0.29, 0.717) is 13.1 Å². The number of carboxylic acid groups (broad SMARTS) is 1. The molecule has 6 heteroatoms. The summed E-state index contributed by atoms with van der Waals surface area (Å²) in [5.74, 6) is -0.834. The van der Waals surface area contributed by atoms with Crippen LogP contribution in [0, 0.1) is 23.7 Å². The van der Waals surface area contributed by atoms with E-state index in [4.69, 9.17) is 4.74 Å². The molecule has 138 valence electrons. The van der Waals surface area contributed by atoms with E-state index < -0.39 is 17.8 Å². The number of carbonyl (C=O) groups is 2. The second kappa shape index (κ2) is 6.67. The number of piperazine rings is 1. The number of rotatable bonds is 4. The third kappa shape index (κ3) is 2.83. The number of nitrogens with zero attached hydrogens (tertiary/aromatic N) is 2. The molecule has 0 spiro atoms. The number of carbonyl (C=O) groups excluding carboxylic acids is 1. The lowest BCUT2D eigenvalue weighted by molar-refractivity contribution is -0.151. The number of amides is 1. The number of anilines is 1. The Morgan fingerprint density at radius 2 is 1.62 bits per heavy atom. The van der Waals surface area contributed by atoms with Gasteiger partial charge in [0.25, 0.3) is 0 Å². The summed E-state index contributed by atoms with van der Waals surface area (Å²) in [7, 11) is 1.65. The molecule has 1 aromatic rings. The van der Waals surface area contributed by atoms with Crippen LogP contribution >= 0.6 is 0 Å². The van der Waals surface area contributed by atoms with Crippen LogP contribution in [0.5, 0.6) is 5.75 Å². The molecule has 1 aliphatic heterocycles. The van der Waals surface area contributed by atoms with Crippen molar-refractivity contribution >= 4 is 17.6 Å². The SMILES string of the molecule is COc1ccc(N2CCN(C(=O)[C@H]3[C@@H](C(=O)O)[C@H]4C=C[C@H]3C4)CC2)cc1. The van der Waals surface area contributed by atoms with Gasteiger partial charge < -0.3 is 19.6 Å². The maximum Gasteiger partial charge on any atom is 0.307 e. The molecule has 1 aromatic carbocycles. The zero-order chi connectivity index (χ0) is 18.3. The topological polar surface area (TPSA) is 70.1 Å². The Morgan fingerprint density at radius 1 is 1.00 bits per heavy atom. The van der Waals surface area contributed by atoms with Crippen LogP contribution in [0.2, 0.25) is 0 Å². The van der Waals surface area contributed by atoms with Crippen LogP contribution in [0.15, 0.2) is 36.4 Å². The average Bonchev–Trinajstić information content (AvgIpc) is 3.29. The highest BCUT2D eigenvalue weighted by molar-refractivity contribution is 5.87. The van der Waals surface area contributed by atoms with Crippen molar-refractivity contribution in [1.82, 2.24) is 4.90 Å². The summed E-state index contributed by atoms with van der Waals surface area (Å²) in [5.41, 5.74) is 1.11. The van der Waals surface area contributed by atoms with Gasteiger partial charge in [-0.1, -0.05) is 12.2 Å². The first kappa shape index (κ1) is 16.9. The van der Waals surface area contributed by atoms with Crippen molar-refractivity contribution in [1.29, 1.82) is 0 Å². The molecule has 2 aliphatic carbocycles. The molecule has 2 fully saturated rings. The highest BCUT2D eigenvalue weighted by Crippen LogP contribution is 2.48. The van der Waals surface area contributed by atoms with E-state index >= 15 is 0 Å². The van der Waals surface area contributed by atoms with Crippen molar-refractivity contribution in [2.24, 2.45) is 23.7 Å². The summed E-state index contributed by atoms with van der Waals surface area (Å²) in [6, 6.07) is 7.92. The molecule has 26 heavy (non-hydrogen) atoms. The third-order valence-corrected chi connectivity index (χ3v) is 6.06. The number of carboxylic acids is 1. The molecule has 0 radical (unpaired) electrons. The maximum atomic E-state index is 13.0. The Bertz CT molecular complexity index is 722. The minimum Gasteiger partial charge on any atom is -0.497 e. The van der Waals surface area contributed by atoms with E-state index in [-0.39, 0.29) is 17.7 Å². The van der Waals surface area contributed by atoms with Crippen LogP contribution in [-0.4, -0.2) is 55.2 Å². The Kier molecular flexibility index (Phi) is 4.34. The monoisotopic (exact) mass is 356 g/mol. The zero-order valence-electron chi connectivity index (χ0n) is 14.9. The molecule has 0 unspecified atom stereocenters. The van der Waals surface area contributed by atoms with Gasteiger partial charge in [0.15, 0.2) is 0 Å². The molecule has 1 N–H and O–H groups in total. The van der Waals surface area contributed by atoms with Crippen molar-refractivity contribution in [3.8, 4) is 5.75 Å². The van der Waals surface area contributed by atoms with Gasteiger partial charge in [0.2, 0.25) is 5.91 Å². The van der Waals surface area contributed by atoms with Crippen molar-refractivity contribution in [3.05, 3.63) is 36.4 Å². The Balaban J connectivity index is 1.40. The van der Waals surface area contributed by atoms with E-state index in [2.05, 4.69) is 4.90 Å². The average molecular weight is 356 g/mol. The van der Waals surface area contributed by atoms with Crippen LogP contribution in [0.25, 0.3) is 0 Å². The fourth-order valence-corrected chi connectivity index (χ4v) is 4.68. The molecule has 1 heterocycles. The summed E-state index contributed by atoms with van der Waals surface area (Å²) in [6.07, 6.45) is 4.83. The number of fused-ring (bicyclic) bond motifs is 2. The predicted octanol–water partition coefficient (Wildman–Crippen LogP) is 1.87. The first-order valence-electron chi connectivity index (χ1n) is 9.17.